The normalized spacial score (nSPS) is 19.2. The summed E-state index contributed by atoms with van der Waals surface area (Å²) in [5, 5.41) is 2.27. The average Bonchev–Trinajstić information content (AvgIpc) is 3.84. The zero-order valence-corrected chi connectivity index (χ0v) is 44.7. The minimum absolute atomic E-state index is 0.0155. The van der Waals surface area contributed by atoms with Gasteiger partial charge in [-0.2, -0.15) is 0 Å². The molecule has 1 fully saturated rings. The maximum Gasteiger partial charge on any atom is 0.252 e. The van der Waals surface area contributed by atoms with E-state index < -0.39 is 0 Å². The highest BCUT2D eigenvalue weighted by atomic mass is 16.3. The Kier molecular flexibility index (Phi) is 9.90. The van der Waals surface area contributed by atoms with Gasteiger partial charge < -0.3 is 19.1 Å². The number of anilines is 8. The van der Waals surface area contributed by atoms with E-state index in [4.69, 9.17) is 4.42 Å². The molecule has 5 heteroatoms. The largest absolute Gasteiger partial charge is 0.456 e. The van der Waals surface area contributed by atoms with Crippen LogP contribution in [0.4, 0.5) is 45.5 Å². The summed E-state index contributed by atoms with van der Waals surface area (Å²) in [7, 11) is 0. The van der Waals surface area contributed by atoms with E-state index >= 15 is 0 Å². The molecule has 1 aromatic heterocycles. The van der Waals surface area contributed by atoms with Gasteiger partial charge in [-0.25, -0.2) is 0 Å². The van der Waals surface area contributed by atoms with Crippen molar-refractivity contribution in [3.63, 3.8) is 0 Å². The highest BCUT2D eigenvalue weighted by Crippen LogP contribution is 2.62. The number of furan rings is 1. The Morgan fingerprint density at radius 2 is 1.01 bits per heavy atom. The molecule has 1 saturated carbocycles. The van der Waals surface area contributed by atoms with E-state index in [-0.39, 0.29) is 33.9 Å². The molecule has 73 heavy (non-hydrogen) atoms. The Hall–Kier alpha value is -6.98. The van der Waals surface area contributed by atoms with E-state index in [1.807, 2.05) is 0 Å². The van der Waals surface area contributed by atoms with Crippen LogP contribution in [-0.2, 0) is 21.7 Å². The number of para-hydroxylation sites is 2. The summed E-state index contributed by atoms with van der Waals surface area (Å²) in [5.74, 6) is 0. The lowest BCUT2D eigenvalue weighted by molar-refractivity contribution is 0.195. The number of hydrogen-bond acceptors (Lipinski definition) is 4. The molecule has 0 spiro atoms. The summed E-state index contributed by atoms with van der Waals surface area (Å²) < 4.78 is 6.74. The van der Waals surface area contributed by atoms with Gasteiger partial charge in [-0.1, -0.05) is 179 Å². The lowest BCUT2D eigenvalue weighted by atomic mass is 9.33. The van der Waals surface area contributed by atoms with Crippen LogP contribution in [0.1, 0.15) is 124 Å². The van der Waals surface area contributed by atoms with Gasteiger partial charge in [0.25, 0.3) is 6.71 Å². The van der Waals surface area contributed by atoms with E-state index in [1.165, 1.54) is 109 Å². The standard InChI is InChI=1S/C68H68BN3O/c1-64(2,3)44-27-32-55(51(37-44)43-21-13-12-14-22-43)71-58-34-29-46(66(7,8)9)39-54(58)69-53-38-45(65(4,5)6)28-33-57(53)70(47-30-31-50-49-23-15-18-26-61(49)73-62(50)42-47)59-40-48(41-60(71)63(59)69)72-56-25-17-16-24-52(56)67(10)35-19-20-36-68(67,72)11/h12-18,21-34,37-42H,19-20,35-36H2,1-11H3. The van der Waals surface area contributed by atoms with Gasteiger partial charge in [0.1, 0.15) is 11.2 Å². The van der Waals surface area contributed by atoms with Crippen molar-refractivity contribution < 1.29 is 4.42 Å². The summed E-state index contributed by atoms with van der Waals surface area (Å²) >= 11 is 0. The predicted octanol–water partition coefficient (Wildman–Crippen LogP) is 17.0. The Bertz CT molecular complexity index is 3710. The molecule has 3 aliphatic heterocycles. The fourth-order valence-electron chi connectivity index (χ4n) is 13.6. The molecule has 0 amide bonds. The van der Waals surface area contributed by atoms with Gasteiger partial charge >= 0.3 is 0 Å². The van der Waals surface area contributed by atoms with Crippen molar-refractivity contribution in [3.8, 4) is 11.1 Å². The third-order valence-corrected chi connectivity index (χ3v) is 17.9. The molecule has 0 N–H and O–H groups in total. The minimum atomic E-state index is -0.149. The topological polar surface area (TPSA) is 22.9 Å². The quantitative estimate of drug-likeness (QED) is 0.164. The molecular formula is C68H68BN3O. The first kappa shape index (κ1) is 45.9. The molecule has 0 saturated heterocycles. The van der Waals surface area contributed by atoms with Crippen LogP contribution in [0.2, 0.25) is 0 Å². The SMILES string of the molecule is CC(C)(C)c1ccc2c(c1)B1c3cc(C(C)(C)C)ccc3N(c3ccc(C(C)(C)C)cc3-c3ccccc3)c3cc(N4c5ccccc5C5(C)CCCCC45C)cc(c31)N2c1ccc2c(c1)oc1ccccc12. The molecule has 0 radical (unpaired) electrons. The molecule has 2 atom stereocenters. The zero-order chi connectivity index (χ0) is 50.6. The second-order valence-corrected chi connectivity index (χ2v) is 25.3. The van der Waals surface area contributed by atoms with Crippen LogP contribution in [0.25, 0.3) is 33.1 Å². The molecule has 364 valence electrons. The number of benzene rings is 8. The van der Waals surface area contributed by atoms with Crippen LogP contribution in [-0.4, -0.2) is 12.3 Å². The van der Waals surface area contributed by atoms with Crippen LogP contribution in [0.3, 0.4) is 0 Å². The number of nitrogens with zero attached hydrogens (tertiary/aromatic N) is 3. The van der Waals surface area contributed by atoms with Crippen LogP contribution >= 0.6 is 0 Å². The molecule has 4 heterocycles. The van der Waals surface area contributed by atoms with Gasteiger partial charge in [0.15, 0.2) is 0 Å². The first-order chi connectivity index (χ1) is 34.8. The van der Waals surface area contributed by atoms with E-state index in [1.54, 1.807) is 0 Å². The molecule has 9 aromatic rings. The lowest BCUT2D eigenvalue weighted by Gasteiger charge is -2.51. The second-order valence-electron chi connectivity index (χ2n) is 25.3. The highest BCUT2D eigenvalue weighted by molar-refractivity contribution is 7.00. The molecule has 2 unspecified atom stereocenters. The van der Waals surface area contributed by atoms with Crippen LogP contribution in [0, 0.1) is 0 Å². The molecule has 13 rings (SSSR count). The summed E-state index contributed by atoms with van der Waals surface area (Å²) in [6.45, 7) is 26.2. The smallest absolute Gasteiger partial charge is 0.252 e. The fraction of sp³-hybridized carbons (Fsp3) is 0.294. The third kappa shape index (κ3) is 6.79. The molecule has 4 aliphatic rings. The van der Waals surface area contributed by atoms with Crippen molar-refractivity contribution in [1.29, 1.82) is 0 Å². The van der Waals surface area contributed by atoms with Crippen molar-refractivity contribution in [2.24, 2.45) is 0 Å². The van der Waals surface area contributed by atoms with Crippen LogP contribution in [0.15, 0.2) is 168 Å². The Balaban J connectivity index is 1.18. The minimum Gasteiger partial charge on any atom is -0.456 e. The molecule has 0 bridgehead atoms. The summed E-state index contributed by atoms with van der Waals surface area (Å²) in [6, 6.07) is 63.1. The molecule has 4 nitrogen and oxygen atoms in total. The number of rotatable bonds is 4. The van der Waals surface area contributed by atoms with Crippen molar-refractivity contribution in [1.82, 2.24) is 0 Å². The van der Waals surface area contributed by atoms with Gasteiger partial charge in [0.2, 0.25) is 0 Å². The first-order valence-corrected chi connectivity index (χ1v) is 26.9. The zero-order valence-electron chi connectivity index (χ0n) is 44.7. The van der Waals surface area contributed by atoms with E-state index in [2.05, 4.69) is 255 Å². The summed E-state index contributed by atoms with van der Waals surface area (Å²) in [5.41, 5.74) is 23.0. The second kappa shape index (κ2) is 15.8. The van der Waals surface area contributed by atoms with Crippen molar-refractivity contribution in [2.45, 2.75) is 129 Å². The maximum atomic E-state index is 6.74. The van der Waals surface area contributed by atoms with Gasteiger partial charge in [0, 0.05) is 67.6 Å². The predicted molar refractivity (Wildman–Crippen MR) is 312 cm³/mol. The maximum absolute atomic E-state index is 6.74. The van der Waals surface area contributed by atoms with E-state index in [0.717, 1.165) is 34.0 Å². The van der Waals surface area contributed by atoms with Crippen LogP contribution in [0.5, 0.6) is 0 Å². The van der Waals surface area contributed by atoms with Gasteiger partial charge in [0.05, 0.1) is 11.2 Å². The van der Waals surface area contributed by atoms with Crippen molar-refractivity contribution >= 4 is 90.5 Å². The van der Waals surface area contributed by atoms with Crippen LogP contribution < -0.4 is 31.1 Å². The van der Waals surface area contributed by atoms with Gasteiger partial charge in [-0.05, 0) is 141 Å². The number of fused-ring (bicyclic) bond motifs is 10. The van der Waals surface area contributed by atoms with Crippen molar-refractivity contribution in [2.75, 3.05) is 14.7 Å². The first-order valence-electron chi connectivity index (χ1n) is 26.9. The molecule has 8 aromatic carbocycles. The van der Waals surface area contributed by atoms with E-state index in [9.17, 15) is 0 Å². The third-order valence-electron chi connectivity index (χ3n) is 17.9. The lowest BCUT2D eigenvalue weighted by Crippen LogP contribution is -2.62. The molecular weight excluding hydrogens is 886 g/mol. The summed E-state index contributed by atoms with van der Waals surface area (Å²) in [6.07, 6.45) is 4.73. The Morgan fingerprint density at radius 3 is 1.70 bits per heavy atom. The average molecular weight is 954 g/mol. The van der Waals surface area contributed by atoms with E-state index in [0.29, 0.717) is 0 Å². The van der Waals surface area contributed by atoms with Gasteiger partial charge in [-0.3, -0.25) is 0 Å². The summed E-state index contributed by atoms with van der Waals surface area (Å²) in [4.78, 5) is 8.04. The Labute approximate surface area is 433 Å². The van der Waals surface area contributed by atoms with Gasteiger partial charge in [-0.15, -0.1) is 0 Å². The molecule has 1 aliphatic carbocycles. The number of hydrogen-bond donors (Lipinski definition) is 0. The fourth-order valence-corrected chi connectivity index (χ4v) is 13.6. The monoisotopic (exact) mass is 954 g/mol. The Morgan fingerprint density at radius 1 is 0.452 bits per heavy atom. The highest BCUT2D eigenvalue weighted by Gasteiger charge is 2.58. The van der Waals surface area contributed by atoms with Crippen molar-refractivity contribution in [3.05, 3.63) is 186 Å².